The lowest BCUT2D eigenvalue weighted by Crippen LogP contribution is -2.49. The second kappa shape index (κ2) is 13.9. The van der Waals surface area contributed by atoms with Crippen molar-refractivity contribution in [1.82, 2.24) is 10.2 Å². The van der Waals surface area contributed by atoms with Crippen molar-refractivity contribution < 1.29 is 22.7 Å². The van der Waals surface area contributed by atoms with E-state index in [1.165, 1.54) is 4.31 Å². The molecule has 0 aliphatic carbocycles. The Balaban J connectivity index is 2.22. The van der Waals surface area contributed by atoms with Gasteiger partial charge in [0, 0.05) is 26.1 Å². The first-order valence-electron chi connectivity index (χ1n) is 12.3. The topological polar surface area (TPSA) is 96.0 Å². The van der Waals surface area contributed by atoms with E-state index in [2.05, 4.69) is 5.32 Å². The van der Waals surface area contributed by atoms with E-state index in [0.717, 1.165) is 23.8 Å². The predicted octanol–water partition coefficient (Wildman–Crippen LogP) is 3.88. The van der Waals surface area contributed by atoms with Gasteiger partial charge in [-0.25, -0.2) is 8.42 Å². The summed E-state index contributed by atoms with van der Waals surface area (Å²) in [6, 6.07) is 14.1. The number of sulfonamides is 1. The molecule has 0 spiro atoms. The van der Waals surface area contributed by atoms with Crippen LogP contribution >= 0.6 is 0 Å². The maximum atomic E-state index is 13.4. The van der Waals surface area contributed by atoms with Gasteiger partial charge in [0.15, 0.2) is 0 Å². The maximum absolute atomic E-state index is 13.4. The number of ether oxygens (including phenoxy) is 1. The van der Waals surface area contributed by atoms with Crippen molar-refractivity contribution in [2.75, 3.05) is 30.8 Å². The van der Waals surface area contributed by atoms with Crippen molar-refractivity contribution in [2.45, 2.75) is 59.0 Å². The summed E-state index contributed by atoms with van der Waals surface area (Å²) < 4.78 is 31.6. The van der Waals surface area contributed by atoms with E-state index >= 15 is 0 Å². The number of methoxy groups -OCH3 is 1. The van der Waals surface area contributed by atoms with Gasteiger partial charge in [0.05, 0.1) is 19.1 Å². The smallest absolute Gasteiger partial charge is 0.242 e. The third kappa shape index (κ3) is 8.55. The third-order valence-electron chi connectivity index (χ3n) is 5.86. The van der Waals surface area contributed by atoms with E-state index in [-0.39, 0.29) is 31.3 Å². The van der Waals surface area contributed by atoms with Crippen LogP contribution in [0.5, 0.6) is 5.75 Å². The number of benzene rings is 2. The largest absolute Gasteiger partial charge is 0.497 e. The van der Waals surface area contributed by atoms with Gasteiger partial charge in [-0.3, -0.25) is 13.9 Å². The van der Waals surface area contributed by atoms with E-state index in [1.54, 1.807) is 18.1 Å². The highest BCUT2D eigenvalue weighted by molar-refractivity contribution is 7.92. The van der Waals surface area contributed by atoms with Crippen molar-refractivity contribution >= 4 is 27.5 Å². The van der Waals surface area contributed by atoms with Crippen LogP contribution in [0.4, 0.5) is 5.69 Å². The zero-order valence-electron chi connectivity index (χ0n) is 22.0. The van der Waals surface area contributed by atoms with Crippen molar-refractivity contribution in [3.63, 3.8) is 0 Å². The van der Waals surface area contributed by atoms with Crippen molar-refractivity contribution in [3.05, 3.63) is 59.7 Å². The molecule has 0 radical (unpaired) electrons. The molecule has 9 heteroatoms. The number of nitrogens with zero attached hydrogens (tertiary/aromatic N) is 2. The fraction of sp³-hybridized carbons (Fsp3) is 0.481. The lowest BCUT2D eigenvalue weighted by atomic mass is 10.1. The standard InChI is InChI=1S/C27H39N3O5S/c1-6-16-28-27(32)25(7-2)29(20-22-12-9-14-24(19-22)35-4)26(31)15-10-17-30(36(5,33)34)23-13-8-11-21(3)18-23/h8-9,11-14,18-19,25H,6-7,10,15-17,20H2,1-5H3,(H,28,32). The van der Waals surface area contributed by atoms with Gasteiger partial charge in [-0.15, -0.1) is 0 Å². The summed E-state index contributed by atoms with van der Waals surface area (Å²) in [5.74, 6) is 0.285. The van der Waals surface area contributed by atoms with E-state index in [9.17, 15) is 18.0 Å². The molecule has 8 nitrogen and oxygen atoms in total. The van der Waals surface area contributed by atoms with Crippen LogP contribution in [-0.2, 0) is 26.2 Å². The number of hydrogen-bond donors (Lipinski definition) is 1. The van der Waals surface area contributed by atoms with Crippen LogP contribution in [-0.4, -0.2) is 57.6 Å². The van der Waals surface area contributed by atoms with Gasteiger partial charge in [-0.1, -0.05) is 38.1 Å². The van der Waals surface area contributed by atoms with Gasteiger partial charge >= 0.3 is 0 Å². The summed E-state index contributed by atoms with van der Waals surface area (Å²) in [4.78, 5) is 27.9. The first-order chi connectivity index (χ1) is 17.1. The van der Waals surface area contributed by atoms with Crippen LogP contribution < -0.4 is 14.4 Å². The summed E-state index contributed by atoms with van der Waals surface area (Å²) in [5.41, 5.74) is 2.37. The number of anilines is 1. The SMILES string of the molecule is CCCNC(=O)C(CC)N(Cc1cccc(OC)c1)C(=O)CCCN(c1cccc(C)c1)S(C)(=O)=O. The van der Waals surface area contributed by atoms with Crippen LogP contribution in [0.15, 0.2) is 48.5 Å². The molecule has 2 amide bonds. The summed E-state index contributed by atoms with van der Waals surface area (Å²) in [6.45, 7) is 6.71. The molecule has 0 aromatic heterocycles. The van der Waals surface area contributed by atoms with Crippen molar-refractivity contribution in [2.24, 2.45) is 0 Å². The summed E-state index contributed by atoms with van der Waals surface area (Å²) in [7, 11) is -1.94. The fourth-order valence-electron chi connectivity index (χ4n) is 4.04. The highest BCUT2D eigenvalue weighted by Gasteiger charge is 2.28. The van der Waals surface area contributed by atoms with Crippen LogP contribution in [0.1, 0.15) is 50.7 Å². The first-order valence-corrected chi connectivity index (χ1v) is 14.2. The van der Waals surface area contributed by atoms with Crippen LogP contribution in [0.2, 0.25) is 0 Å². The Bertz CT molecular complexity index is 1120. The molecule has 36 heavy (non-hydrogen) atoms. The molecule has 1 unspecified atom stereocenters. The van der Waals surface area contributed by atoms with Gasteiger partial charge in [-0.05, 0) is 61.6 Å². The second-order valence-corrected chi connectivity index (χ2v) is 10.8. The van der Waals surface area contributed by atoms with Gasteiger partial charge in [0.1, 0.15) is 11.8 Å². The Hall–Kier alpha value is -3.07. The Morgan fingerprint density at radius 3 is 2.42 bits per heavy atom. The molecule has 2 aromatic carbocycles. The summed E-state index contributed by atoms with van der Waals surface area (Å²) in [5, 5.41) is 2.90. The van der Waals surface area contributed by atoms with Gasteiger partial charge in [-0.2, -0.15) is 0 Å². The predicted molar refractivity (Wildman–Crippen MR) is 144 cm³/mol. The highest BCUT2D eigenvalue weighted by atomic mass is 32.2. The number of hydrogen-bond acceptors (Lipinski definition) is 5. The van der Waals surface area contributed by atoms with E-state index in [0.29, 0.717) is 30.8 Å². The van der Waals surface area contributed by atoms with Crippen LogP contribution in [0.25, 0.3) is 0 Å². The minimum absolute atomic E-state index is 0.110. The molecule has 1 atom stereocenters. The Labute approximate surface area is 215 Å². The summed E-state index contributed by atoms with van der Waals surface area (Å²) >= 11 is 0. The molecule has 0 fully saturated rings. The molecule has 0 aliphatic rings. The van der Waals surface area contributed by atoms with Gasteiger partial charge in [0.2, 0.25) is 21.8 Å². The molecule has 0 aliphatic heterocycles. The normalized spacial score (nSPS) is 12.0. The third-order valence-corrected chi connectivity index (χ3v) is 7.06. The second-order valence-electron chi connectivity index (χ2n) is 8.87. The molecule has 1 N–H and O–H groups in total. The highest BCUT2D eigenvalue weighted by Crippen LogP contribution is 2.21. The van der Waals surface area contributed by atoms with Crippen LogP contribution in [0, 0.1) is 6.92 Å². The minimum atomic E-state index is -3.52. The van der Waals surface area contributed by atoms with E-state index in [1.807, 2.05) is 63.2 Å². The zero-order valence-corrected chi connectivity index (χ0v) is 22.8. The molecule has 0 saturated carbocycles. The minimum Gasteiger partial charge on any atom is -0.497 e. The number of carbonyl (C=O) groups excluding carboxylic acids is 2. The molecule has 2 aromatic rings. The fourth-order valence-corrected chi connectivity index (χ4v) is 5.00. The molecular weight excluding hydrogens is 478 g/mol. The molecule has 2 rings (SSSR count). The van der Waals surface area contributed by atoms with Crippen molar-refractivity contribution in [1.29, 1.82) is 0 Å². The number of rotatable bonds is 14. The van der Waals surface area contributed by atoms with Gasteiger partial charge in [0.25, 0.3) is 0 Å². The van der Waals surface area contributed by atoms with E-state index < -0.39 is 16.1 Å². The Kier molecular flexibility index (Phi) is 11.2. The first kappa shape index (κ1) is 29.2. The molecular formula is C27H39N3O5S. The number of nitrogens with one attached hydrogen (secondary N) is 1. The van der Waals surface area contributed by atoms with Gasteiger partial charge < -0.3 is 15.0 Å². The Morgan fingerprint density at radius 2 is 1.81 bits per heavy atom. The molecule has 0 saturated heterocycles. The lowest BCUT2D eigenvalue weighted by Gasteiger charge is -2.31. The number of amides is 2. The zero-order chi connectivity index (χ0) is 26.7. The lowest BCUT2D eigenvalue weighted by molar-refractivity contribution is -0.141. The number of aryl methyl sites for hydroxylation is 1. The quantitative estimate of drug-likeness (QED) is 0.410. The molecule has 0 heterocycles. The average Bonchev–Trinajstić information content (AvgIpc) is 2.84. The molecule has 198 valence electrons. The Morgan fingerprint density at radius 1 is 1.08 bits per heavy atom. The monoisotopic (exact) mass is 517 g/mol. The summed E-state index contributed by atoms with van der Waals surface area (Å²) in [6.07, 6.45) is 2.86. The molecule has 0 bridgehead atoms. The van der Waals surface area contributed by atoms with Crippen molar-refractivity contribution in [3.8, 4) is 5.75 Å². The van der Waals surface area contributed by atoms with E-state index in [4.69, 9.17) is 4.74 Å². The maximum Gasteiger partial charge on any atom is 0.242 e. The average molecular weight is 518 g/mol. The van der Waals surface area contributed by atoms with Crippen LogP contribution in [0.3, 0.4) is 0 Å². The number of carbonyl (C=O) groups is 2.